The van der Waals surface area contributed by atoms with Crippen molar-refractivity contribution < 1.29 is 27.8 Å². The molecule has 0 aliphatic carbocycles. The number of hydrogen-bond donors (Lipinski definition) is 2. The van der Waals surface area contributed by atoms with Crippen LogP contribution in [0.3, 0.4) is 0 Å². The number of aromatic nitrogens is 1. The number of pyridine rings is 1. The minimum atomic E-state index is -0.766. The zero-order chi connectivity index (χ0) is 32.0. The second-order valence-electron chi connectivity index (χ2n) is 10.1. The first-order valence-corrected chi connectivity index (χ1v) is 14.3. The number of anilines is 2. The molecule has 10 heteroatoms. The average Bonchev–Trinajstić information content (AvgIpc) is 3.33. The van der Waals surface area contributed by atoms with Gasteiger partial charge in [-0.15, -0.1) is 0 Å². The van der Waals surface area contributed by atoms with Gasteiger partial charge in [-0.3, -0.25) is 9.59 Å². The molecule has 4 aromatic rings. The third-order valence-electron chi connectivity index (χ3n) is 6.86. The van der Waals surface area contributed by atoms with Gasteiger partial charge in [0, 0.05) is 28.9 Å². The molecule has 1 aromatic heterocycles. The molecule has 1 aliphatic heterocycles. The molecule has 3 aromatic carbocycles. The van der Waals surface area contributed by atoms with Gasteiger partial charge in [0.25, 0.3) is 11.8 Å². The molecule has 1 aliphatic rings. The van der Waals surface area contributed by atoms with Gasteiger partial charge >= 0.3 is 0 Å². The number of halogens is 2. The van der Waals surface area contributed by atoms with E-state index in [0.717, 1.165) is 17.7 Å². The van der Waals surface area contributed by atoms with Crippen molar-refractivity contribution in [3.8, 4) is 22.8 Å². The van der Waals surface area contributed by atoms with E-state index >= 15 is 0 Å². The second-order valence-corrected chi connectivity index (χ2v) is 10.1. The monoisotopic (exact) mass is 602 g/mol. The van der Waals surface area contributed by atoms with Crippen LogP contribution in [-0.4, -0.2) is 42.0 Å². The van der Waals surface area contributed by atoms with E-state index < -0.39 is 11.6 Å². The van der Waals surface area contributed by atoms with Crippen LogP contribution in [0, 0.1) is 11.6 Å². The fourth-order valence-electron chi connectivity index (χ4n) is 4.85. The van der Waals surface area contributed by atoms with E-state index in [1.165, 1.54) is 19.2 Å². The molecule has 0 unspecified atom stereocenters. The van der Waals surface area contributed by atoms with Crippen molar-refractivity contribution in [3.05, 3.63) is 101 Å². The molecule has 0 spiro atoms. The predicted octanol–water partition coefficient (Wildman–Crippen LogP) is 7.11. The lowest BCUT2D eigenvalue weighted by atomic mass is 10.1. The van der Waals surface area contributed by atoms with Gasteiger partial charge in [-0.2, -0.15) is 0 Å². The quantitative estimate of drug-likeness (QED) is 0.212. The van der Waals surface area contributed by atoms with E-state index in [0.29, 0.717) is 39.7 Å². The van der Waals surface area contributed by atoms with Crippen LogP contribution < -0.4 is 20.1 Å². The highest BCUT2D eigenvalue weighted by molar-refractivity contribution is 6.04. The van der Waals surface area contributed by atoms with Gasteiger partial charge in [0.1, 0.15) is 23.1 Å². The predicted molar refractivity (Wildman–Crippen MR) is 166 cm³/mol. The van der Waals surface area contributed by atoms with Gasteiger partial charge in [0.2, 0.25) is 0 Å². The highest BCUT2D eigenvalue weighted by atomic mass is 19.1. The standard InChI is InChI=1S/C32H30F2N4O4.C2H6/c1-18(2)35-31(39)19-8-11-21(12-9-19)36-26-15-25(29-23(33)6-5-7-24(29)34)37-27-17-38(32(40)30(26)27)16-20-10-13-22(41-3)14-28(20)42-4;1-2/h5-15,18H,16-17H2,1-4H3,(H,35,39)(H,36,37);1-2H3. The minimum absolute atomic E-state index is 0.0150. The van der Waals surface area contributed by atoms with Gasteiger partial charge in [-0.1, -0.05) is 19.9 Å². The van der Waals surface area contributed by atoms with Crippen molar-refractivity contribution in [1.82, 2.24) is 15.2 Å². The number of carbonyl (C=O) groups excluding carboxylic acids is 2. The molecule has 5 rings (SSSR count). The van der Waals surface area contributed by atoms with Gasteiger partial charge in [-0.25, -0.2) is 13.8 Å². The Labute approximate surface area is 256 Å². The summed E-state index contributed by atoms with van der Waals surface area (Å²) in [5.41, 5.74) is 2.58. The largest absolute Gasteiger partial charge is 0.497 e. The van der Waals surface area contributed by atoms with E-state index in [-0.39, 0.29) is 42.2 Å². The molecule has 0 saturated heterocycles. The Kier molecular flexibility index (Phi) is 10.2. The number of hydrogen-bond acceptors (Lipinski definition) is 6. The summed E-state index contributed by atoms with van der Waals surface area (Å²) in [4.78, 5) is 32.2. The van der Waals surface area contributed by atoms with Crippen molar-refractivity contribution in [3.63, 3.8) is 0 Å². The number of carbonyl (C=O) groups is 2. The fourth-order valence-corrected chi connectivity index (χ4v) is 4.85. The maximum Gasteiger partial charge on any atom is 0.258 e. The van der Waals surface area contributed by atoms with E-state index in [2.05, 4.69) is 15.6 Å². The summed E-state index contributed by atoms with van der Waals surface area (Å²) in [6, 6.07) is 17.1. The third kappa shape index (κ3) is 6.80. The molecular formula is C34H36F2N4O4. The SMILES string of the molecule is CC.COc1ccc(CN2Cc3nc(-c4c(F)cccc4F)cc(Nc4ccc(C(=O)NC(C)C)cc4)c3C2=O)c(OC)c1. The number of methoxy groups -OCH3 is 2. The van der Waals surface area contributed by atoms with E-state index in [1.54, 1.807) is 48.4 Å². The molecule has 0 fully saturated rings. The van der Waals surface area contributed by atoms with Crippen molar-refractivity contribution in [1.29, 1.82) is 0 Å². The first-order valence-electron chi connectivity index (χ1n) is 14.3. The number of rotatable bonds is 9. The average molecular weight is 603 g/mol. The Morgan fingerprint density at radius 3 is 2.25 bits per heavy atom. The molecular weight excluding hydrogens is 566 g/mol. The number of amides is 2. The van der Waals surface area contributed by atoms with Crippen LogP contribution >= 0.6 is 0 Å². The lowest BCUT2D eigenvalue weighted by Crippen LogP contribution is -2.29. The molecule has 0 saturated carbocycles. The molecule has 44 heavy (non-hydrogen) atoms. The highest BCUT2D eigenvalue weighted by Crippen LogP contribution is 2.37. The summed E-state index contributed by atoms with van der Waals surface area (Å²) in [7, 11) is 3.09. The Morgan fingerprint density at radius 2 is 1.64 bits per heavy atom. The Morgan fingerprint density at radius 1 is 0.955 bits per heavy atom. The molecule has 2 N–H and O–H groups in total. The number of benzene rings is 3. The van der Waals surface area contributed by atoms with Crippen LogP contribution in [0.1, 0.15) is 59.7 Å². The third-order valence-corrected chi connectivity index (χ3v) is 6.86. The van der Waals surface area contributed by atoms with Crippen LogP contribution in [0.5, 0.6) is 11.5 Å². The topological polar surface area (TPSA) is 92.8 Å². The molecule has 2 amide bonds. The normalized spacial score (nSPS) is 11.9. The molecule has 230 valence electrons. The molecule has 8 nitrogen and oxygen atoms in total. The first kappa shape index (κ1) is 31.9. The minimum Gasteiger partial charge on any atom is -0.497 e. The number of fused-ring (bicyclic) bond motifs is 1. The zero-order valence-electron chi connectivity index (χ0n) is 25.6. The van der Waals surface area contributed by atoms with Crippen molar-refractivity contribution in [2.45, 2.75) is 46.8 Å². The summed E-state index contributed by atoms with van der Waals surface area (Å²) in [6.07, 6.45) is 0. The summed E-state index contributed by atoms with van der Waals surface area (Å²) in [5.74, 6) is -0.870. The van der Waals surface area contributed by atoms with E-state index in [9.17, 15) is 18.4 Å². The molecule has 0 radical (unpaired) electrons. The number of ether oxygens (including phenoxy) is 2. The Bertz CT molecular complexity index is 1640. The number of nitrogens with one attached hydrogen (secondary N) is 2. The van der Waals surface area contributed by atoms with Gasteiger partial charge < -0.3 is 25.0 Å². The summed E-state index contributed by atoms with van der Waals surface area (Å²) >= 11 is 0. The van der Waals surface area contributed by atoms with E-state index in [1.807, 2.05) is 33.8 Å². The Balaban J connectivity index is 0.00000216. The maximum atomic E-state index is 14.8. The van der Waals surface area contributed by atoms with Gasteiger partial charge in [0.15, 0.2) is 0 Å². The highest BCUT2D eigenvalue weighted by Gasteiger charge is 2.33. The summed E-state index contributed by atoms with van der Waals surface area (Å²) in [5, 5.41) is 6.05. The van der Waals surface area contributed by atoms with Crippen molar-refractivity contribution in [2.24, 2.45) is 0 Å². The molecule has 0 bridgehead atoms. The van der Waals surface area contributed by atoms with Crippen molar-refractivity contribution >= 4 is 23.2 Å². The summed E-state index contributed by atoms with van der Waals surface area (Å²) < 4.78 is 40.4. The molecule has 2 heterocycles. The van der Waals surface area contributed by atoms with Crippen LogP contribution in [0.25, 0.3) is 11.3 Å². The lowest BCUT2D eigenvalue weighted by Gasteiger charge is -2.18. The van der Waals surface area contributed by atoms with Crippen LogP contribution in [-0.2, 0) is 13.1 Å². The fraction of sp³-hybridized carbons (Fsp3) is 0.265. The Hall–Kier alpha value is -4.99. The van der Waals surface area contributed by atoms with Crippen LogP contribution in [0.4, 0.5) is 20.2 Å². The second kappa shape index (κ2) is 14.0. The lowest BCUT2D eigenvalue weighted by molar-refractivity contribution is 0.0765. The van der Waals surface area contributed by atoms with Crippen LogP contribution in [0.2, 0.25) is 0 Å². The van der Waals surface area contributed by atoms with Gasteiger partial charge in [-0.05, 0) is 68.4 Å². The smallest absolute Gasteiger partial charge is 0.258 e. The summed E-state index contributed by atoms with van der Waals surface area (Å²) in [6.45, 7) is 8.08. The molecule has 0 atom stereocenters. The van der Waals surface area contributed by atoms with Crippen molar-refractivity contribution in [2.75, 3.05) is 19.5 Å². The number of nitrogens with zero attached hydrogens (tertiary/aromatic N) is 2. The van der Waals surface area contributed by atoms with Crippen LogP contribution in [0.15, 0.2) is 66.7 Å². The zero-order valence-corrected chi connectivity index (χ0v) is 25.6. The van der Waals surface area contributed by atoms with Gasteiger partial charge in [0.05, 0.1) is 55.5 Å². The maximum absolute atomic E-state index is 14.8. The van der Waals surface area contributed by atoms with E-state index in [4.69, 9.17) is 9.47 Å². The first-order chi connectivity index (χ1) is 21.2.